The van der Waals surface area contributed by atoms with Crippen molar-refractivity contribution in [3.63, 3.8) is 0 Å². The van der Waals surface area contributed by atoms with E-state index in [9.17, 15) is 4.79 Å². The van der Waals surface area contributed by atoms with Crippen molar-refractivity contribution in [1.82, 2.24) is 5.32 Å². The number of rotatable bonds is 7. The first-order valence-electron chi connectivity index (χ1n) is 7.18. The zero-order chi connectivity index (χ0) is 13.5. The summed E-state index contributed by atoms with van der Waals surface area (Å²) in [5, 5.41) is 3.06. The van der Waals surface area contributed by atoms with Gasteiger partial charge in [-0.05, 0) is 39.5 Å². The van der Waals surface area contributed by atoms with E-state index >= 15 is 0 Å². The molecule has 1 fully saturated rings. The first-order valence-corrected chi connectivity index (χ1v) is 7.18. The van der Waals surface area contributed by atoms with Gasteiger partial charge in [-0.1, -0.05) is 13.3 Å². The molecule has 1 saturated heterocycles. The van der Waals surface area contributed by atoms with Crippen LogP contribution in [-0.2, 0) is 9.53 Å². The minimum Gasteiger partial charge on any atom is -0.376 e. The molecule has 1 aliphatic rings. The van der Waals surface area contributed by atoms with E-state index in [0.29, 0.717) is 0 Å². The fourth-order valence-corrected chi connectivity index (χ4v) is 2.33. The van der Waals surface area contributed by atoms with Crippen LogP contribution >= 0.6 is 0 Å². The van der Waals surface area contributed by atoms with E-state index in [1.807, 2.05) is 20.8 Å². The maximum absolute atomic E-state index is 12.0. The van der Waals surface area contributed by atoms with Crippen LogP contribution in [0.1, 0.15) is 52.9 Å². The normalized spacial score (nSPS) is 24.6. The molecule has 0 aromatic carbocycles. The number of nitrogens with one attached hydrogen (secondary N) is 1. The molecule has 106 valence electrons. The molecule has 0 aliphatic carbocycles. The molecule has 4 heteroatoms. The fourth-order valence-electron chi connectivity index (χ4n) is 2.33. The smallest absolute Gasteiger partial charge is 0.223 e. The topological polar surface area (TPSA) is 64.4 Å². The van der Waals surface area contributed by atoms with E-state index in [0.717, 1.165) is 38.7 Å². The molecule has 4 nitrogen and oxygen atoms in total. The highest BCUT2D eigenvalue weighted by Crippen LogP contribution is 2.16. The van der Waals surface area contributed by atoms with Gasteiger partial charge in [0.05, 0.1) is 12.1 Å². The lowest BCUT2D eigenvalue weighted by atomic mass is 10.0. The van der Waals surface area contributed by atoms with Gasteiger partial charge in [-0.3, -0.25) is 4.79 Å². The largest absolute Gasteiger partial charge is 0.376 e. The van der Waals surface area contributed by atoms with Gasteiger partial charge in [0.2, 0.25) is 5.91 Å². The molecule has 4 atom stereocenters. The molecule has 0 aromatic rings. The van der Waals surface area contributed by atoms with Gasteiger partial charge >= 0.3 is 0 Å². The number of carbonyl (C=O) groups excluding carboxylic acids is 1. The Kier molecular flexibility index (Phi) is 6.65. The van der Waals surface area contributed by atoms with Crippen molar-refractivity contribution in [2.75, 3.05) is 6.61 Å². The van der Waals surface area contributed by atoms with Gasteiger partial charge in [-0.2, -0.15) is 0 Å². The van der Waals surface area contributed by atoms with E-state index in [4.69, 9.17) is 10.5 Å². The Morgan fingerprint density at radius 3 is 2.67 bits per heavy atom. The lowest BCUT2D eigenvalue weighted by molar-refractivity contribution is -0.126. The Hall–Kier alpha value is -0.610. The van der Waals surface area contributed by atoms with Gasteiger partial charge in [0, 0.05) is 18.6 Å². The van der Waals surface area contributed by atoms with Crippen molar-refractivity contribution in [2.24, 2.45) is 11.7 Å². The van der Waals surface area contributed by atoms with Gasteiger partial charge in [-0.25, -0.2) is 0 Å². The Morgan fingerprint density at radius 2 is 2.11 bits per heavy atom. The maximum atomic E-state index is 12.0. The molecule has 0 bridgehead atoms. The van der Waals surface area contributed by atoms with E-state index in [2.05, 4.69) is 5.32 Å². The van der Waals surface area contributed by atoms with Crippen molar-refractivity contribution in [2.45, 2.75) is 71.1 Å². The van der Waals surface area contributed by atoms with E-state index in [1.165, 1.54) is 0 Å². The minimum atomic E-state index is 0.0626. The Balaban J connectivity index is 2.21. The van der Waals surface area contributed by atoms with E-state index in [1.54, 1.807) is 0 Å². The molecule has 1 rings (SSSR count). The zero-order valence-electron chi connectivity index (χ0n) is 11.9. The average molecular weight is 256 g/mol. The van der Waals surface area contributed by atoms with Gasteiger partial charge < -0.3 is 15.8 Å². The molecule has 18 heavy (non-hydrogen) atoms. The van der Waals surface area contributed by atoms with Crippen LogP contribution in [0, 0.1) is 5.92 Å². The maximum Gasteiger partial charge on any atom is 0.223 e. The van der Waals surface area contributed by atoms with Gasteiger partial charge in [0.25, 0.3) is 0 Å². The second-order valence-electron chi connectivity index (χ2n) is 5.66. The van der Waals surface area contributed by atoms with Crippen LogP contribution in [0.3, 0.4) is 0 Å². The van der Waals surface area contributed by atoms with Crippen LogP contribution in [0.25, 0.3) is 0 Å². The summed E-state index contributed by atoms with van der Waals surface area (Å²) in [6, 6.07) is 0.349. The molecule has 0 spiro atoms. The summed E-state index contributed by atoms with van der Waals surface area (Å²) < 4.78 is 5.58. The molecule has 1 aliphatic heterocycles. The van der Waals surface area contributed by atoms with Crippen molar-refractivity contribution in [3.8, 4) is 0 Å². The van der Waals surface area contributed by atoms with E-state index < -0.39 is 0 Å². The van der Waals surface area contributed by atoms with Gasteiger partial charge in [0.15, 0.2) is 0 Å². The summed E-state index contributed by atoms with van der Waals surface area (Å²) in [5.41, 5.74) is 5.70. The SMILES string of the molecule is CC(N)CCCC(C)C(=O)NC(C)C1CCCO1. The third kappa shape index (κ3) is 5.36. The quantitative estimate of drug-likeness (QED) is 0.730. The molecule has 0 radical (unpaired) electrons. The molecule has 0 saturated carbocycles. The summed E-state index contributed by atoms with van der Waals surface area (Å²) in [5.74, 6) is 0.204. The lowest BCUT2D eigenvalue weighted by Gasteiger charge is -2.22. The third-order valence-electron chi connectivity index (χ3n) is 3.64. The fraction of sp³-hybridized carbons (Fsp3) is 0.929. The number of amides is 1. The monoisotopic (exact) mass is 256 g/mol. The summed E-state index contributed by atoms with van der Waals surface area (Å²) in [4.78, 5) is 12.0. The molecule has 4 unspecified atom stereocenters. The van der Waals surface area contributed by atoms with E-state index in [-0.39, 0.29) is 30.0 Å². The standard InChI is InChI=1S/C14H28N2O2/c1-10(6-4-7-11(2)15)14(17)16-12(3)13-8-5-9-18-13/h10-13H,4-9,15H2,1-3H3,(H,16,17). The lowest BCUT2D eigenvalue weighted by Crippen LogP contribution is -2.43. The zero-order valence-corrected chi connectivity index (χ0v) is 11.9. The number of hydrogen-bond acceptors (Lipinski definition) is 3. The van der Waals surface area contributed by atoms with Gasteiger partial charge in [0.1, 0.15) is 0 Å². The second-order valence-corrected chi connectivity index (χ2v) is 5.66. The highest BCUT2D eigenvalue weighted by molar-refractivity contribution is 5.78. The highest BCUT2D eigenvalue weighted by Gasteiger charge is 2.25. The van der Waals surface area contributed by atoms with Crippen molar-refractivity contribution < 1.29 is 9.53 Å². The number of carbonyl (C=O) groups is 1. The van der Waals surface area contributed by atoms with Crippen molar-refractivity contribution >= 4 is 5.91 Å². The van der Waals surface area contributed by atoms with Crippen molar-refractivity contribution in [3.05, 3.63) is 0 Å². The molecule has 1 heterocycles. The first kappa shape index (κ1) is 15.4. The average Bonchev–Trinajstić information content (AvgIpc) is 2.81. The van der Waals surface area contributed by atoms with Crippen LogP contribution in [0.2, 0.25) is 0 Å². The molecular formula is C14H28N2O2. The predicted octanol–water partition coefficient (Wildman–Crippen LogP) is 1.82. The summed E-state index contributed by atoms with van der Waals surface area (Å²) in [7, 11) is 0. The number of hydrogen-bond donors (Lipinski definition) is 2. The Labute approximate surface area is 111 Å². The van der Waals surface area contributed by atoms with Crippen LogP contribution in [0.4, 0.5) is 0 Å². The minimum absolute atomic E-state index is 0.0626. The molecule has 1 amide bonds. The summed E-state index contributed by atoms with van der Waals surface area (Å²) in [6.45, 7) is 6.85. The van der Waals surface area contributed by atoms with Crippen LogP contribution in [0.15, 0.2) is 0 Å². The summed E-state index contributed by atoms with van der Waals surface area (Å²) >= 11 is 0. The Bertz CT molecular complexity index is 250. The number of nitrogens with two attached hydrogens (primary N) is 1. The molecular weight excluding hydrogens is 228 g/mol. The van der Waals surface area contributed by atoms with Gasteiger partial charge in [-0.15, -0.1) is 0 Å². The Morgan fingerprint density at radius 1 is 1.39 bits per heavy atom. The molecule has 0 aromatic heterocycles. The predicted molar refractivity (Wildman–Crippen MR) is 73.2 cm³/mol. The van der Waals surface area contributed by atoms with Crippen LogP contribution in [0.5, 0.6) is 0 Å². The highest BCUT2D eigenvalue weighted by atomic mass is 16.5. The van der Waals surface area contributed by atoms with Crippen LogP contribution in [-0.4, -0.2) is 30.7 Å². The number of ether oxygens (including phenoxy) is 1. The first-order chi connectivity index (χ1) is 8.50. The second kappa shape index (κ2) is 7.74. The summed E-state index contributed by atoms with van der Waals surface area (Å²) in [6.07, 6.45) is 5.27. The third-order valence-corrected chi connectivity index (χ3v) is 3.64. The molecule has 3 N–H and O–H groups in total. The van der Waals surface area contributed by atoms with Crippen molar-refractivity contribution in [1.29, 1.82) is 0 Å². The van der Waals surface area contributed by atoms with Crippen LogP contribution < -0.4 is 11.1 Å².